The van der Waals surface area contributed by atoms with E-state index in [1.54, 1.807) is 11.0 Å². The Balaban J connectivity index is 1.89. The molecule has 0 aliphatic carbocycles. The fourth-order valence-electron chi connectivity index (χ4n) is 2.26. The standard InChI is InChI=1S/C14H18ClN3O2/c15-11-6-10(7-12(16)8-11)14(20)17-9-13(19)18-4-2-1-3-5-18/h6-8H,1-5,9,16H2,(H,17,20). The summed E-state index contributed by atoms with van der Waals surface area (Å²) in [6.45, 7) is 1.56. The van der Waals surface area contributed by atoms with Crippen LogP contribution >= 0.6 is 11.6 Å². The molecule has 1 heterocycles. The van der Waals surface area contributed by atoms with Gasteiger partial charge in [-0.15, -0.1) is 0 Å². The van der Waals surface area contributed by atoms with Gasteiger partial charge in [0.05, 0.1) is 6.54 Å². The Morgan fingerprint density at radius 2 is 1.90 bits per heavy atom. The first-order valence-corrected chi connectivity index (χ1v) is 7.06. The van der Waals surface area contributed by atoms with E-state index in [1.807, 2.05) is 0 Å². The molecule has 0 aromatic heterocycles. The van der Waals surface area contributed by atoms with Gasteiger partial charge in [0.2, 0.25) is 5.91 Å². The van der Waals surface area contributed by atoms with Crippen LogP contribution < -0.4 is 11.1 Å². The number of piperidine rings is 1. The number of anilines is 1. The minimum atomic E-state index is -0.343. The molecule has 1 aliphatic heterocycles. The predicted molar refractivity (Wildman–Crippen MR) is 78.6 cm³/mol. The van der Waals surface area contributed by atoms with E-state index in [4.69, 9.17) is 17.3 Å². The molecule has 0 saturated carbocycles. The van der Waals surface area contributed by atoms with E-state index in [2.05, 4.69) is 5.32 Å². The van der Waals surface area contributed by atoms with Gasteiger partial charge in [-0.2, -0.15) is 0 Å². The SMILES string of the molecule is Nc1cc(Cl)cc(C(=O)NCC(=O)N2CCCCC2)c1. The second-order valence-electron chi connectivity index (χ2n) is 4.90. The van der Waals surface area contributed by atoms with E-state index >= 15 is 0 Å². The molecule has 1 aromatic carbocycles. The Hall–Kier alpha value is -1.75. The first-order valence-electron chi connectivity index (χ1n) is 6.68. The van der Waals surface area contributed by atoms with Crippen molar-refractivity contribution in [3.05, 3.63) is 28.8 Å². The van der Waals surface area contributed by atoms with Gasteiger partial charge < -0.3 is 16.0 Å². The Labute approximate surface area is 123 Å². The van der Waals surface area contributed by atoms with Crippen LogP contribution in [0.4, 0.5) is 5.69 Å². The van der Waals surface area contributed by atoms with Gasteiger partial charge in [-0.25, -0.2) is 0 Å². The van der Waals surface area contributed by atoms with Gasteiger partial charge in [0.25, 0.3) is 5.91 Å². The highest BCUT2D eigenvalue weighted by Gasteiger charge is 2.17. The Bertz CT molecular complexity index is 493. The quantitative estimate of drug-likeness (QED) is 0.833. The molecule has 0 bridgehead atoms. The van der Waals surface area contributed by atoms with Crippen LogP contribution in [-0.4, -0.2) is 36.3 Å². The molecule has 108 valence electrons. The number of hydrogen-bond acceptors (Lipinski definition) is 3. The number of nitrogens with two attached hydrogens (primary N) is 1. The Morgan fingerprint density at radius 3 is 2.55 bits per heavy atom. The number of rotatable bonds is 3. The lowest BCUT2D eigenvalue weighted by molar-refractivity contribution is -0.130. The van der Waals surface area contributed by atoms with Crippen LogP contribution in [0.2, 0.25) is 5.02 Å². The van der Waals surface area contributed by atoms with Crippen molar-refractivity contribution in [3.8, 4) is 0 Å². The van der Waals surface area contributed by atoms with Crippen LogP contribution in [0.25, 0.3) is 0 Å². The third-order valence-corrected chi connectivity index (χ3v) is 3.51. The average Bonchev–Trinajstić information content (AvgIpc) is 2.44. The maximum absolute atomic E-state index is 11.9. The molecule has 2 amide bonds. The van der Waals surface area contributed by atoms with Crippen molar-refractivity contribution in [1.29, 1.82) is 0 Å². The summed E-state index contributed by atoms with van der Waals surface area (Å²) in [6, 6.07) is 4.63. The zero-order chi connectivity index (χ0) is 14.5. The van der Waals surface area contributed by atoms with Crippen LogP contribution in [-0.2, 0) is 4.79 Å². The summed E-state index contributed by atoms with van der Waals surface area (Å²) in [6.07, 6.45) is 3.23. The van der Waals surface area contributed by atoms with Crippen LogP contribution in [0.5, 0.6) is 0 Å². The first-order chi connectivity index (χ1) is 9.56. The number of benzene rings is 1. The molecule has 0 unspecified atom stereocenters. The molecule has 6 heteroatoms. The summed E-state index contributed by atoms with van der Waals surface area (Å²) in [5.41, 5.74) is 6.41. The highest BCUT2D eigenvalue weighted by Crippen LogP contribution is 2.16. The maximum Gasteiger partial charge on any atom is 0.251 e. The summed E-state index contributed by atoms with van der Waals surface area (Å²) in [4.78, 5) is 25.7. The Morgan fingerprint density at radius 1 is 1.20 bits per heavy atom. The average molecular weight is 296 g/mol. The highest BCUT2D eigenvalue weighted by atomic mass is 35.5. The molecule has 5 nitrogen and oxygen atoms in total. The number of carbonyl (C=O) groups excluding carboxylic acids is 2. The molecule has 0 spiro atoms. The van der Waals surface area contributed by atoms with Gasteiger partial charge in [0.1, 0.15) is 0 Å². The second kappa shape index (κ2) is 6.61. The number of nitrogens with zero attached hydrogens (tertiary/aromatic N) is 1. The molecule has 1 fully saturated rings. The van der Waals surface area contributed by atoms with Crippen molar-refractivity contribution < 1.29 is 9.59 Å². The van der Waals surface area contributed by atoms with Gasteiger partial charge in [-0.1, -0.05) is 11.6 Å². The van der Waals surface area contributed by atoms with Crippen molar-refractivity contribution in [3.63, 3.8) is 0 Å². The van der Waals surface area contributed by atoms with Gasteiger partial charge >= 0.3 is 0 Å². The van der Waals surface area contributed by atoms with E-state index in [0.29, 0.717) is 16.3 Å². The lowest BCUT2D eigenvalue weighted by Crippen LogP contribution is -2.42. The van der Waals surface area contributed by atoms with E-state index in [0.717, 1.165) is 32.4 Å². The fraction of sp³-hybridized carbons (Fsp3) is 0.429. The fourth-order valence-corrected chi connectivity index (χ4v) is 2.50. The summed E-state index contributed by atoms with van der Waals surface area (Å²) in [7, 11) is 0. The molecule has 20 heavy (non-hydrogen) atoms. The topological polar surface area (TPSA) is 75.4 Å². The van der Waals surface area contributed by atoms with E-state index in [1.165, 1.54) is 12.1 Å². The molecular weight excluding hydrogens is 278 g/mol. The predicted octanol–water partition coefficient (Wildman–Crippen LogP) is 1.66. The largest absolute Gasteiger partial charge is 0.399 e. The number of carbonyl (C=O) groups is 2. The molecule has 1 aromatic rings. The summed E-state index contributed by atoms with van der Waals surface area (Å²) >= 11 is 5.84. The summed E-state index contributed by atoms with van der Waals surface area (Å²) in [5, 5.41) is 3.01. The van der Waals surface area contributed by atoms with Crippen molar-refractivity contribution >= 4 is 29.1 Å². The van der Waals surface area contributed by atoms with Crippen LogP contribution in [0.15, 0.2) is 18.2 Å². The monoisotopic (exact) mass is 295 g/mol. The van der Waals surface area contributed by atoms with Crippen molar-refractivity contribution in [2.75, 3.05) is 25.4 Å². The third-order valence-electron chi connectivity index (χ3n) is 3.29. The molecule has 3 N–H and O–H groups in total. The lowest BCUT2D eigenvalue weighted by Gasteiger charge is -2.26. The minimum Gasteiger partial charge on any atom is -0.399 e. The van der Waals surface area contributed by atoms with E-state index in [-0.39, 0.29) is 18.4 Å². The maximum atomic E-state index is 11.9. The molecule has 2 rings (SSSR count). The third kappa shape index (κ3) is 3.87. The smallest absolute Gasteiger partial charge is 0.251 e. The zero-order valence-electron chi connectivity index (χ0n) is 11.2. The highest BCUT2D eigenvalue weighted by molar-refractivity contribution is 6.31. The number of nitrogen functional groups attached to an aromatic ring is 1. The van der Waals surface area contributed by atoms with Gasteiger partial charge in [0.15, 0.2) is 0 Å². The summed E-state index contributed by atoms with van der Waals surface area (Å²) in [5.74, 6) is -0.391. The summed E-state index contributed by atoms with van der Waals surface area (Å²) < 4.78 is 0. The zero-order valence-corrected chi connectivity index (χ0v) is 11.9. The minimum absolute atomic E-state index is 0.00521. The normalized spacial score (nSPS) is 14.9. The van der Waals surface area contributed by atoms with Gasteiger partial charge in [-0.05, 0) is 37.5 Å². The van der Waals surface area contributed by atoms with Crippen molar-refractivity contribution in [2.45, 2.75) is 19.3 Å². The second-order valence-corrected chi connectivity index (χ2v) is 5.33. The van der Waals surface area contributed by atoms with Crippen LogP contribution in [0.1, 0.15) is 29.6 Å². The van der Waals surface area contributed by atoms with Gasteiger partial charge in [0, 0.05) is 29.4 Å². The van der Waals surface area contributed by atoms with Crippen LogP contribution in [0, 0.1) is 0 Å². The molecular formula is C14H18ClN3O2. The van der Waals surface area contributed by atoms with E-state index < -0.39 is 0 Å². The van der Waals surface area contributed by atoms with Crippen LogP contribution in [0.3, 0.4) is 0 Å². The molecule has 1 saturated heterocycles. The molecule has 0 atom stereocenters. The molecule has 0 radical (unpaired) electrons. The van der Waals surface area contributed by atoms with Crippen molar-refractivity contribution in [2.24, 2.45) is 0 Å². The Kier molecular flexibility index (Phi) is 4.84. The number of hydrogen-bond donors (Lipinski definition) is 2. The number of halogens is 1. The number of nitrogens with one attached hydrogen (secondary N) is 1. The van der Waals surface area contributed by atoms with Gasteiger partial charge in [-0.3, -0.25) is 9.59 Å². The van der Waals surface area contributed by atoms with E-state index in [9.17, 15) is 9.59 Å². The number of amides is 2. The number of likely N-dealkylation sites (tertiary alicyclic amines) is 1. The van der Waals surface area contributed by atoms with Crippen molar-refractivity contribution in [1.82, 2.24) is 10.2 Å². The first kappa shape index (κ1) is 14.7. The molecule has 1 aliphatic rings. The lowest BCUT2D eigenvalue weighted by atomic mass is 10.1.